The molecule has 0 heterocycles. The second kappa shape index (κ2) is 14.1. The van der Waals surface area contributed by atoms with Crippen LogP contribution >= 0.6 is 24.0 Å². The summed E-state index contributed by atoms with van der Waals surface area (Å²) in [4.78, 5) is 4.74. The highest BCUT2D eigenvalue weighted by atomic mass is 127. The van der Waals surface area contributed by atoms with Gasteiger partial charge < -0.3 is 20.5 Å². The van der Waals surface area contributed by atoms with Crippen LogP contribution in [-0.2, 0) is 0 Å². The number of ether oxygens (including phenoxy) is 1. The Hall–Kier alpha value is -1.02. The second-order valence-corrected chi connectivity index (χ2v) is 6.50. The third-order valence-corrected chi connectivity index (χ3v) is 4.29. The van der Waals surface area contributed by atoms with E-state index < -0.39 is 0 Å². The van der Waals surface area contributed by atoms with E-state index in [0.29, 0.717) is 5.92 Å². The number of hydrogen-bond acceptors (Lipinski definition) is 3. The molecule has 1 aromatic rings. The van der Waals surface area contributed by atoms with Crippen LogP contribution in [0.25, 0.3) is 0 Å². The first-order valence-corrected chi connectivity index (χ1v) is 9.35. The minimum atomic E-state index is 0. The molecule has 0 saturated heterocycles. The van der Waals surface area contributed by atoms with Gasteiger partial charge in [0, 0.05) is 25.3 Å². The maximum Gasteiger partial charge on any atom is 0.191 e. The first kappa shape index (κ1) is 25.0. The summed E-state index contributed by atoms with van der Waals surface area (Å²) in [6.45, 7) is 10.2. The summed E-state index contributed by atoms with van der Waals surface area (Å²) in [6.07, 6.45) is 3.00. The minimum absolute atomic E-state index is 0. The maximum atomic E-state index is 9.22. The molecule has 0 aliphatic carbocycles. The molecule has 0 amide bonds. The van der Waals surface area contributed by atoms with E-state index in [2.05, 4.69) is 50.5 Å². The van der Waals surface area contributed by atoms with Crippen molar-refractivity contribution < 1.29 is 9.84 Å². The van der Waals surface area contributed by atoms with Crippen LogP contribution in [0.2, 0.25) is 0 Å². The lowest BCUT2D eigenvalue weighted by Crippen LogP contribution is -2.39. The average Bonchev–Trinajstić information content (AvgIpc) is 2.60. The summed E-state index contributed by atoms with van der Waals surface area (Å²) >= 11 is 0. The van der Waals surface area contributed by atoms with Gasteiger partial charge in [-0.05, 0) is 45.6 Å². The average molecular weight is 477 g/mol. The van der Waals surface area contributed by atoms with Gasteiger partial charge in [-0.3, -0.25) is 4.99 Å². The summed E-state index contributed by atoms with van der Waals surface area (Å²) in [5.74, 6) is 2.11. The third-order valence-electron chi connectivity index (χ3n) is 4.29. The number of guanidine groups is 1. The van der Waals surface area contributed by atoms with Gasteiger partial charge >= 0.3 is 0 Å². The maximum absolute atomic E-state index is 9.22. The number of hydrogen-bond donors (Lipinski definition) is 3. The van der Waals surface area contributed by atoms with Crippen molar-refractivity contribution >= 4 is 29.9 Å². The highest BCUT2D eigenvalue weighted by Crippen LogP contribution is 2.26. The van der Waals surface area contributed by atoms with Crippen LogP contribution in [0.15, 0.2) is 23.2 Å². The Morgan fingerprint density at radius 1 is 1.27 bits per heavy atom. The van der Waals surface area contributed by atoms with Gasteiger partial charge in [-0.2, -0.15) is 0 Å². The first-order valence-electron chi connectivity index (χ1n) is 9.35. The molecule has 0 aliphatic heterocycles. The molecule has 0 radical (unpaired) electrons. The molecule has 6 heteroatoms. The zero-order valence-corrected chi connectivity index (χ0v) is 19.2. The Morgan fingerprint density at radius 2 is 2.00 bits per heavy atom. The van der Waals surface area contributed by atoms with E-state index >= 15 is 0 Å². The topological polar surface area (TPSA) is 65.9 Å². The fourth-order valence-corrected chi connectivity index (χ4v) is 2.93. The van der Waals surface area contributed by atoms with Crippen molar-refractivity contribution in [2.75, 3.05) is 26.8 Å². The molecular weight excluding hydrogens is 441 g/mol. The van der Waals surface area contributed by atoms with E-state index in [-0.39, 0.29) is 36.6 Å². The fourth-order valence-electron chi connectivity index (χ4n) is 2.93. The van der Waals surface area contributed by atoms with Crippen LogP contribution in [-0.4, -0.2) is 37.9 Å². The number of aliphatic imine (C=N–C) groups is 1. The van der Waals surface area contributed by atoms with Crippen molar-refractivity contribution in [3.05, 3.63) is 29.3 Å². The van der Waals surface area contributed by atoms with Gasteiger partial charge in [0.1, 0.15) is 5.75 Å². The van der Waals surface area contributed by atoms with Crippen molar-refractivity contribution in [2.45, 2.75) is 53.0 Å². The number of nitrogens with one attached hydrogen (secondary N) is 2. The monoisotopic (exact) mass is 477 g/mol. The summed E-state index contributed by atoms with van der Waals surface area (Å²) in [5.41, 5.74) is 2.32. The number of methoxy groups -OCH3 is 1. The number of aliphatic hydroxyl groups is 1. The molecule has 2 unspecified atom stereocenters. The zero-order valence-electron chi connectivity index (χ0n) is 16.8. The van der Waals surface area contributed by atoms with Crippen LogP contribution < -0.4 is 15.4 Å². The minimum Gasteiger partial charge on any atom is -0.496 e. The Morgan fingerprint density at radius 3 is 2.58 bits per heavy atom. The van der Waals surface area contributed by atoms with Crippen molar-refractivity contribution in [1.29, 1.82) is 0 Å². The van der Waals surface area contributed by atoms with E-state index in [0.717, 1.165) is 49.6 Å². The molecule has 0 aromatic heterocycles. The number of nitrogens with zero attached hydrogens (tertiary/aromatic N) is 1. The van der Waals surface area contributed by atoms with Gasteiger partial charge in [0.2, 0.25) is 0 Å². The summed E-state index contributed by atoms with van der Waals surface area (Å²) in [7, 11) is 1.70. The van der Waals surface area contributed by atoms with E-state index in [9.17, 15) is 5.11 Å². The van der Waals surface area contributed by atoms with E-state index in [4.69, 9.17) is 9.73 Å². The lowest BCUT2D eigenvalue weighted by Gasteiger charge is -2.21. The number of halogens is 1. The Labute approximate surface area is 176 Å². The van der Waals surface area contributed by atoms with Gasteiger partial charge in [0.15, 0.2) is 5.96 Å². The standard InChI is InChI=1S/C20H35N3O2.HI/c1-6-8-17(11-12-24)14-22-20(21-7-2)23-16(4)18-13-15(3)9-10-19(18)25-5;/h9-10,13,16-17,24H,6-8,11-12,14H2,1-5H3,(H2,21,22,23);1H. The summed E-state index contributed by atoms with van der Waals surface area (Å²) in [5, 5.41) is 16.0. The largest absolute Gasteiger partial charge is 0.496 e. The quantitative estimate of drug-likeness (QED) is 0.271. The molecule has 5 nitrogen and oxygen atoms in total. The molecule has 0 spiro atoms. The van der Waals surface area contributed by atoms with Crippen molar-refractivity contribution in [1.82, 2.24) is 10.6 Å². The normalized spacial score (nSPS) is 13.5. The predicted octanol–water partition coefficient (Wildman–Crippen LogP) is 4.04. The molecule has 150 valence electrons. The van der Waals surface area contributed by atoms with Crippen molar-refractivity contribution in [3.63, 3.8) is 0 Å². The number of aliphatic hydroxyl groups excluding tert-OH is 1. The first-order chi connectivity index (χ1) is 12.0. The molecule has 0 aliphatic rings. The Kier molecular flexibility index (Phi) is 13.5. The lowest BCUT2D eigenvalue weighted by atomic mass is 10.0. The molecule has 0 fully saturated rings. The molecule has 0 bridgehead atoms. The molecular formula is C20H36IN3O2. The fraction of sp³-hybridized carbons (Fsp3) is 0.650. The smallest absolute Gasteiger partial charge is 0.191 e. The van der Waals surface area contributed by atoms with Crippen LogP contribution in [0.3, 0.4) is 0 Å². The molecule has 26 heavy (non-hydrogen) atoms. The molecule has 1 aromatic carbocycles. The van der Waals surface area contributed by atoms with Crippen LogP contribution in [0.4, 0.5) is 0 Å². The third kappa shape index (κ3) is 8.58. The van der Waals surface area contributed by atoms with Crippen molar-refractivity contribution in [2.24, 2.45) is 10.9 Å². The Balaban J connectivity index is 0.00000625. The van der Waals surface area contributed by atoms with Gasteiger partial charge in [0.05, 0.1) is 13.2 Å². The molecule has 2 atom stereocenters. The van der Waals surface area contributed by atoms with Crippen LogP contribution in [0.5, 0.6) is 5.75 Å². The predicted molar refractivity (Wildman–Crippen MR) is 121 cm³/mol. The number of benzene rings is 1. The molecule has 0 saturated carbocycles. The second-order valence-electron chi connectivity index (χ2n) is 6.50. The highest BCUT2D eigenvalue weighted by molar-refractivity contribution is 14.0. The lowest BCUT2D eigenvalue weighted by molar-refractivity contribution is 0.253. The van der Waals surface area contributed by atoms with Gasteiger partial charge in [-0.15, -0.1) is 24.0 Å². The van der Waals surface area contributed by atoms with Crippen LogP contribution in [0, 0.1) is 12.8 Å². The van der Waals surface area contributed by atoms with E-state index in [1.807, 2.05) is 6.07 Å². The van der Waals surface area contributed by atoms with Gasteiger partial charge in [-0.25, -0.2) is 0 Å². The number of aryl methyl sites for hydroxylation is 1. The summed E-state index contributed by atoms with van der Waals surface area (Å²) < 4.78 is 5.50. The summed E-state index contributed by atoms with van der Waals surface area (Å²) in [6, 6.07) is 6.28. The number of rotatable bonds is 10. The molecule has 3 N–H and O–H groups in total. The molecule has 1 rings (SSSR count). The highest BCUT2D eigenvalue weighted by Gasteiger charge is 2.14. The van der Waals surface area contributed by atoms with E-state index in [1.54, 1.807) is 7.11 Å². The zero-order chi connectivity index (χ0) is 18.7. The van der Waals surface area contributed by atoms with Crippen LogP contribution in [0.1, 0.15) is 57.2 Å². The van der Waals surface area contributed by atoms with Gasteiger partial charge in [0.25, 0.3) is 0 Å². The van der Waals surface area contributed by atoms with Gasteiger partial charge in [-0.1, -0.05) is 31.0 Å². The Bertz CT molecular complexity index is 532. The van der Waals surface area contributed by atoms with Crippen molar-refractivity contribution in [3.8, 4) is 5.75 Å². The van der Waals surface area contributed by atoms with E-state index in [1.165, 1.54) is 5.56 Å². The SMILES string of the molecule is CCCC(CCO)CN=C(NCC)NC(C)c1cc(C)ccc1OC.I.